The molecule has 0 bridgehead atoms. The number of aliphatic imine (C=N–C) groups is 1. The van der Waals surface area contributed by atoms with Gasteiger partial charge in [-0.25, -0.2) is 9.67 Å². The number of nitrogens with one attached hydrogen (secondary N) is 3. The predicted molar refractivity (Wildman–Crippen MR) is 114 cm³/mol. The molecule has 3 N–H and O–H groups in total. The number of rotatable bonds is 9. The van der Waals surface area contributed by atoms with Crippen LogP contribution in [0.1, 0.15) is 25.0 Å². The molecule has 0 radical (unpaired) electrons. The second-order valence-corrected chi connectivity index (χ2v) is 6.93. The van der Waals surface area contributed by atoms with Crippen molar-refractivity contribution in [1.29, 1.82) is 0 Å². The number of aryl methyl sites for hydroxylation is 1. The van der Waals surface area contributed by atoms with E-state index >= 15 is 0 Å². The van der Waals surface area contributed by atoms with Crippen LogP contribution in [0.25, 0.3) is 0 Å². The van der Waals surface area contributed by atoms with Crippen LogP contribution in [0, 0.1) is 10.1 Å². The molecule has 11 nitrogen and oxygen atoms in total. The Balaban J connectivity index is 1.50. The molecule has 1 unspecified atom stereocenters. The van der Waals surface area contributed by atoms with Crippen molar-refractivity contribution in [1.82, 2.24) is 25.4 Å². The van der Waals surface area contributed by atoms with Gasteiger partial charge in [-0.3, -0.25) is 15.1 Å². The highest BCUT2D eigenvalue weighted by Gasteiger charge is 2.22. The zero-order valence-electron chi connectivity index (χ0n) is 17.3. The maximum Gasteiger partial charge on any atom is 0.269 e. The SMILES string of the molecule is CCNC(=NCCNc1ccc([N+](=O)[O-])cc1)NC1CCc2nc(COC)nn2C1. The number of benzene rings is 1. The summed E-state index contributed by atoms with van der Waals surface area (Å²) in [4.78, 5) is 19.4. The van der Waals surface area contributed by atoms with Crippen LogP contribution >= 0.6 is 0 Å². The minimum absolute atomic E-state index is 0.0783. The van der Waals surface area contributed by atoms with Crippen molar-refractivity contribution in [3.63, 3.8) is 0 Å². The number of nitro groups is 1. The molecule has 0 aliphatic carbocycles. The molecule has 1 aliphatic heterocycles. The summed E-state index contributed by atoms with van der Waals surface area (Å²) in [6.45, 7) is 5.13. The van der Waals surface area contributed by atoms with Gasteiger partial charge >= 0.3 is 0 Å². The third-order valence-corrected chi connectivity index (χ3v) is 4.65. The molecule has 30 heavy (non-hydrogen) atoms. The lowest BCUT2D eigenvalue weighted by Crippen LogP contribution is -2.47. The Morgan fingerprint density at radius 3 is 2.90 bits per heavy atom. The summed E-state index contributed by atoms with van der Waals surface area (Å²) >= 11 is 0. The number of non-ortho nitro benzene ring substituents is 1. The zero-order valence-corrected chi connectivity index (χ0v) is 17.3. The van der Waals surface area contributed by atoms with Gasteiger partial charge in [-0.05, 0) is 25.5 Å². The third-order valence-electron chi connectivity index (χ3n) is 4.65. The van der Waals surface area contributed by atoms with Crippen molar-refractivity contribution in [2.45, 2.75) is 39.0 Å². The van der Waals surface area contributed by atoms with E-state index in [4.69, 9.17) is 4.74 Å². The minimum Gasteiger partial charge on any atom is -0.383 e. The van der Waals surface area contributed by atoms with E-state index in [9.17, 15) is 10.1 Å². The first-order valence-electron chi connectivity index (χ1n) is 10.0. The molecule has 2 aromatic rings. The van der Waals surface area contributed by atoms with Gasteiger partial charge in [0.25, 0.3) is 5.69 Å². The van der Waals surface area contributed by atoms with E-state index < -0.39 is 4.92 Å². The van der Waals surface area contributed by atoms with E-state index in [2.05, 4.69) is 31.0 Å². The van der Waals surface area contributed by atoms with Crippen molar-refractivity contribution >= 4 is 17.3 Å². The number of fused-ring (bicyclic) bond motifs is 1. The number of nitrogens with zero attached hydrogens (tertiary/aromatic N) is 5. The van der Waals surface area contributed by atoms with Gasteiger partial charge in [0.15, 0.2) is 11.8 Å². The number of anilines is 1. The summed E-state index contributed by atoms with van der Waals surface area (Å²) in [5, 5.41) is 25.2. The number of nitro benzene ring substituents is 1. The third kappa shape index (κ3) is 5.89. The van der Waals surface area contributed by atoms with E-state index in [1.807, 2.05) is 11.6 Å². The number of hydrogen-bond acceptors (Lipinski definition) is 7. The minimum atomic E-state index is -0.408. The predicted octanol–water partition coefficient (Wildman–Crippen LogP) is 1.31. The van der Waals surface area contributed by atoms with Crippen molar-refractivity contribution in [3.05, 3.63) is 46.0 Å². The summed E-state index contributed by atoms with van der Waals surface area (Å²) < 4.78 is 7.05. The van der Waals surface area contributed by atoms with Gasteiger partial charge in [-0.1, -0.05) is 0 Å². The number of guanidine groups is 1. The lowest BCUT2D eigenvalue weighted by atomic mass is 10.1. The van der Waals surface area contributed by atoms with Gasteiger partial charge in [0.05, 0.1) is 18.0 Å². The Labute approximate surface area is 175 Å². The number of methoxy groups -OCH3 is 1. The fourth-order valence-electron chi connectivity index (χ4n) is 3.25. The fourth-order valence-corrected chi connectivity index (χ4v) is 3.25. The van der Waals surface area contributed by atoms with Gasteiger partial charge in [0.1, 0.15) is 12.4 Å². The highest BCUT2D eigenvalue weighted by Crippen LogP contribution is 2.15. The first-order chi connectivity index (χ1) is 14.6. The molecule has 0 spiro atoms. The molecule has 1 atom stereocenters. The molecule has 1 aromatic carbocycles. The van der Waals surface area contributed by atoms with Crippen LogP contribution in [-0.4, -0.2) is 58.4 Å². The van der Waals surface area contributed by atoms with Gasteiger partial charge in [-0.2, -0.15) is 5.10 Å². The first-order valence-corrected chi connectivity index (χ1v) is 10.0. The molecule has 11 heteroatoms. The molecule has 0 fully saturated rings. The second kappa shape index (κ2) is 10.5. The highest BCUT2D eigenvalue weighted by molar-refractivity contribution is 5.80. The van der Waals surface area contributed by atoms with E-state index in [1.54, 1.807) is 19.2 Å². The average Bonchev–Trinajstić information content (AvgIpc) is 3.13. The van der Waals surface area contributed by atoms with Crippen LogP contribution in [-0.2, 0) is 24.3 Å². The smallest absolute Gasteiger partial charge is 0.269 e. The molecule has 0 saturated carbocycles. The van der Waals surface area contributed by atoms with Crippen LogP contribution in [0.4, 0.5) is 11.4 Å². The van der Waals surface area contributed by atoms with E-state index in [1.165, 1.54) is 12.1 Å². The monoisotopic (exact) mass is 416 g/mol. The maximum absolute atomic E-state index is 10.7. The summed E-state index contributed by atoms with van der Waals surface area (Å²) in [7, 11) is 1.64. The summed E-state index contributed by atoms with van der Waals surface area (Å²) in [5.74, 6) is 2.47. The van der Waals surface area contributed by atoms with Crippen molar-refractivity contribution in [2.75, 3.05) is 32.1 Å². The Morgan fingerprint density at radius 1 is 1.40 bits per heavy atom. The molecule has 0 amide bonds. The lowest BCUT2D eigenvalue weighted by molar-refractivity contribution is -0.384. The van der Waals surface area contributed by atoms with E-state index in [0.29, 0.717) is 25.5 Å². The first kappa shape index (κ1) is 21.5. The summed E-state index contributed by atoms with van der Waals surface area (Å²) in [6, 6.07) is 6.57. The maximum atomic E-state index is 10.7. The van der Waals surface area contributed by atoms with E-state index in [-0.39, 0.29) is 11.7 Å². The van der Waals surface area contributed by atoms with Gasteiger partial charge in [-0.15, -0.1) is 0 Å². The molecule has 162 valence electrons. The average molecular weight is 416 g/mol. The van der Waals surface area contributed by atoms with Crippen LogP contribution in [0.5, 0.6) is 0 Å². The molecule has 1 aromatic heterocycles. The van der Waals surface area contributed by atoms with Crippen molar-refractivity contribution in [2.24, 2.45) is 4.99 Å². The fraction of sp³-hybridized carbons (Fsp3) is 0.526. The van der Waals surface area contributed by atoms with Gasteiger partial charge < -0.3 is 20.7 Å². The molecular formula is C19H28N8O3. The van der Waals surface area contributed by atoms with Crippen LogP contribution in [0.2, 0.25) is 0 Å². The van der Waals surface area contributed by atoms with E-state index in [0.717, 1.165) is 43.4 Å². The standard InChI is InChI=1S/C19H28N8O3/c1-3-20-19(22-11-10-21-14-4-7-16(8-5-14)27(28)29)23-15-6-9-18-24-17(13-30-2)25-26(18)12-15/h4-5,7-8,15,21H,3,6,9-13H2,1-2H3,(H2,20,22,23). The zero-order chi connectivity index (χ0) is 21.3. The van der Waals surface area contributed by atoms with Crippen molar-refractivity contribution in [3.8, 4) is 0 Å². The number of ether oxygens (including phenoxy) is 1. The number of hydrogen-bond donors (Lipinski definition) is 3. The van der Waals surface area contributed by atoms with Crippen molar-refractivity contribution < 1.29 is 9.66 Å². The number of aromatic nitrogens is 3. The Hall–Kier alpha value is -3.21. The summed E-state index contributed by atoms with van der Waals surface area (Å²) in [5.41, 5.74) is 0.904. The quantitative estimate of drug-likeness (QED) is 0.183. The lowest BCUT2D eigenvalue weighted by Gasteiger charge is -2.25. The summed E-state index contributed by atoms with van der Waals surface area (Å²) in [6.07, 6.45) is 1.81. The second-order valence-electron chi connectivity index (χ2n) is 6.93. The highest BCUT2D eigenvalue weighted by atomic mass is 16.6. The molecule has 0 saturated heterocycles. The molecular weight excluding hydrogens is 388 g/mol. The normalized spacial score (nSPS) is 16.1. The largest absolute Gasteiger partial charge is 0.383 e. The van der Waals surface area contributed by atoms with Gasteiger partial charge in [0.2, 0.25) is 0 Å². The Morgan fingerprint density at radius 2 is 2.20 bits per heavy atom. The molecule has 1 aliphatic rings. The molecule has 3 rings (SSSR count). The van der Waals surface area contributed by atoms with Gasteiger partial charge in [0, 0.05) is 50.5 Å². The Kier molecular flexibility index (Phi) is 7.55. The Bertz CT molecular complexity index is 865. The van der Waals surface area contributed by atoms with Crippen LogP contribution < -0.4 is 16.0 Å². The topological polar surface area (TPSA) is 132 Å². The van der Waals surface area contributed by atoms with Crippen LogP contribution in [0.15, 0.2) is 29.3 Å². The van der Waals surface area contributed by atoms with Crippen LogP contribution in [0.3, 0.4) is 0 Å². The molecule has 2 heterocycles.